The van der Waals surface area contributed by atoms with Gasteiger partial charge in [0.05, 0.1) is 48.9 Å². The number of ether oxygens (including phenoxy) is 1. The molecule has 1 saturated heterocycles. The molecule has 1 aliphatic heterocycles. The molecule has 5 rings (SSSR count). The third kappa shape index (κ3) is 3.79. The van der Waals surface area contributed by atoms with E-state index in [2.05, 4.69) is 26.3 Å². The summed E-state index contributed by atoms with van der Waals surface area (Å²) in [7, 11) is 0. The van der Waals surface area contributed by atoms with E-state index in [1.807, 2.05) is 18.5 Å². The van der Waals surface area contributed by atoms with Crippen LogP contribution in [0, 0.1) is 17.8 Å². The smallest absolute Gasteiger partial charge is 0.410 e. The number of imidazole rings is 1. The lowest BCUT2D eigenvalue weighted by atomic mass is 9.68. The third-order valence-corrected chi connectivity index (χ3v) is 6.63. The van der Waals surface area contributed by atoms with Crippen molar-refractivity contribution in [2.45, 2.75) is 51.3 Å². The number of pyridine rings is 1. The van der Waals surface area contributed by atoms with Gasteiger partial charge in [0.2, 0.25) is 0 Å². The van der Waals surface area contributed by atoms with E-state index in [-0.39, 0.29) is 11.5 Å². The van der Waals surface area contributed by atoms with Gasteiger partial charge in [-0.05, 0) is 55.4 Å². The van der Waals surface area contributed by atoms with Crippen molar-refractivity contribution in [3.05, 3.63) is 65.8 Å². The minimum absolute atomic E-state index is 0.0790. The van der Waals surface area contributed by atoms with Crippen LogP contribution in [0.15, 0.2) is 42.9 Å². The summed E-state index contributed by atoms with van der Waals surface area (Å²) in [4.78, 5) is 26.4. The van der Waals surface area contributed by atoms with Crippen molar-refractivity contribution in [1.82, 2.24) is 19.4 Å². The van der Waals surface area contributed by atoms with E-state index in [4.69, 9.17) is 11.3 Å². The first-order valence-corrected chi connectivity index (χ1v) is 10.8. The molecule has 3 aromatic rings. The fourth-order valence-electron chi connectivity index (χ4n) is 5.31. The van der Waals surface area contributed by atoms with Crippen LogP contribution >= 0.6 is 0 Å². The first-order chi connectivity index (χ1) is 15.4. The zero-order chi connectivity index (χ0) is 22.3. The van der Waals surface area contributed by atoms with Gasteiger partial charge in [0.25, 0.3) is 0 Å². The van der Waals surface area contributed by atoms with Gasteiger partial charge in [0.1, 0.15) is 11.4 Å². The number of rotatable bonds is 4. The molecular weight excluding hydrogens is 409 g/mol. The maximum absolute atomic E-state index is 13.2. The van der Waals surface area contributed by atoms with Crippen molar-refractivity contribution >= 4 is 22.8 Å². The van der Waals surface area contributed by atoms with Gasteiger partial charge in [0.15, 0.2) is 5.69 Å². The van der Waals surface area contributed by atoms with Crippen molar-refractivity contribution in [2.24, 2.45) is 5.41 Å². The number of benzene rings is 1. The summed E-state index contributed by atoms with van der Waals surface area (Å²) in [5.74, 6) is -0.396. The van der Waals surface area contributed by atoms with Crippen molar-refractivity contribution in [2.75, 3.05) is 6.54 Å². The zero-order valence-electron chi connectivity index (χ0n) is 17.9. The standard InChI is InChI=1S/C24H24FN5O2/c1-23(14-30-16-28-20-7-6-18(26-2)10-21(20)30)8-3-9-24(13-23)15-29(22(31)32-24)12-19-5-4-17(25)11-27-19/h4-7,10-11,16H,3,8-9,12-15H2,1H3/t23-,24+/m0/s1. The Morgan fingerprint density at radius 2 is 2.12 bits per heavy atom. The second-order valence-electron chi connectivity index (χ2n) is 9.37. The average molecular weight is 433 g/mol. The Kier molecular flexibility index (Phi) is 4.85. The molecule has 32 heavy (non-hydrogen) atoms. The van der Waals surface area contributed by atoms with E-state index >= 15 is 0 Å². The predicted molar refractivity (Wildman–Crippen MR) is 116 cm³/mol. The van der Waals surface area contributed by atoms with Gasteiger partial charge >= 0.3 is 6.09 Å². The molecule has 164 valence electrons. The van der Waals surface area contributed by atoms with Crippen molar-refractivity contribution < 1.29 is 13.9 Å². The molecule has 7 nitrogen and oxygen atoms in total. The van der Waals surface area contributed by atoms with Gasteiger partial charge in [-0.1, -0.05) is 13.0 Å². The van der Waals surface area contributed by atoms with Crippen LogP contribution in [0.3, 0.4) is 0 Å². The number of amides is 1. The lowest BCUT2D eigenvalue weighted by Crippen LogP contribution is -2.44. The van der Waals surface area contributed by atoms with Gasteiger partial charge in [-0.15, -0.1) is 0 Å². The molecule has 2 fully saturated rings. The molecule has 2 aliphatic rings. The quantitative estimate of drug-likeness (QED) is 0.538. The highest BCUT2D eigenvalue weighted by Crippen LogP contribution is 2.47. The van der Waals surface area contributed by atoms with Gasteiger partial charge in [-0.2, -0.15) is 0 Å². The molecule has 8 heteroatoms. The first kappa shape index (κ1) is 20.4. The highest BCUT2D eigenvalue weighted by molar-refractivity contribution is 5.79. The first-order valence-electron chi connectivity index (χ1n) is 10.8. The fourth-order valence-corrected chi connectivity index (χ4v) is 5.31. The van der Waals surface area contributed by atoms with Crippen LogP contribution in [0.4, 0.5) is 14.9 Å². The molecule has 2 atom stereocenters. The van der Waals surface area contributed by atoms with Gasteiger partial charge in [-0.3, -0.25) is 9.88 Å². The molecule has 0 unspecified atom stereocenters. The van der Waals surface area contributed by atoms with Crippen LogP contribution < -0.4 is 0 Å². The second-order valence-corrected chi connectivity index (χ2v) is 9.37. The Morgan fingerprint density at radius 3 is 2.91 bits per heavy atom. The molecule has 1 aliphatic carbocycles. The van der Waals surface area contributed by atoms with Crippen LogP contribution in [0.5, 0.6) is 0 Å². The number of carbonyl (C=O) groups is 1. The summed E-state index contributed by atoms with van der Waals surface area (Å²) < 4.78 is 21.2. The van der Waals surface area contributed by atoms with Gasteiger partial charge in [0, 0.05) is 6.54 Å². The number of nitrogens with zero attached hydrogens (tertiary/aromatic N) is 5. The van der Waals surface area contributed by atoms with E-state index in [0.717, 1.165) is 43.3 Å². The molecule has 3 heterocycles. The summed E-state index contributed by atoms with van der Waals surface area (Å²) in [6.07, 6.45) is 6.22. The maximum Gasteiger partial charge on any atom is 0.410 e. The average Bonchev–Trinajstić information content (AvgIpc) is 3.29. The Balaban J connectivity index is 1.34. The number of carbonyl (C=O) groups excluding carboxylic acids is 1. The lowest BCUT2D eigenvalue weighted by Gasteiger charge is -2.43. The fraction of sp³-hybridized carbons (Fsp3) is 0.417. The minimum atomic E-state index is -0.526. The van der Waals surface area contributed by atoms with E-state index in [1.165, 1.54) is 12.3 Å². The van der Waals surface area contributed by atoms with E-state index in [9.17, 15) is 9.18 Å². The van der Waals surface area contributed by atoms with Crippen molar-refractivity contribution in [3.63, 3.8) is 0 Å². The van der Waals surface area contributed by atoms with E-state index < -0.39 is 11.4 Å². The second kappa shape index (κ2) is 7.59. The summed E-state index contributed by atoms with van der Waals surface area (Å²) in [6.45, 7) is 11.1. The Labute approximate surface area is 185 Å². The molecule has 1 spiro atoms. The molecule has 1 aromatic carbocycles. The number of fused-ring (bicyclic) bond motifs is 1. The highest BCUT2D eigenvalue weighted by Gasteiger charge is 2.51. The molecular formula is C24H24FN5O2. The summed E-state index contributed by atoms with van der Waals surface area (Å²) in [6, 6.07) is 8.49. The van der Waals surface area contributed by atoms with Crippen LogP contribution in [-0.2, 0) is 17.8 Å². The highest BCUT2D eigenvalue weighted by atomic mass is 19.1. The molecule has 0 N–H and O–H groups in total. The van der Waals surface area contributed by atoms with Gasteiger partial charge in [-0.25, -0.2) is 19.0 Å². The molecule has 0 bridgehead atoms. The van der Waals surface area contributed by atoms with E-state index in [1.54, 1.807) is 17.0 Å². The zero-order valence-corrected chi connectivity index (χ0v) is 17.9. The lowest BCUT2D eigenvalue weighted by molar-refractivity contribution is -0.0270. The summed E-state index contributed by atoms with van der Waals surface area (Å²) in [5, 5.41) is 0. The van der Waals surface area contributed by atoms with Gasteiger partial charge < -0.3 is 9.30 Å². The molecule has 1 amide bonds. The van der Waals surface area contributed by atoms with Crippen LogP contribution in [0.2, 0.25) is 0 Å². The third-order valence-electron chi connectivity index (χ3n) is 6.63. The summed E-state index contributed by atoms with van der Waals surface area (Å²) >= 11 is 0. The topological polar surface area (TPSA) is 64.6 Å². The minimum Gasteiger partial charge on any atom is -0.441 e. The van der Waals surface area contributed by atoms with Crippen LogP contribution in [0.1, 0.15) is 38.3 Å². The normalized spacial score (nSPS) is 25.3. The van der Waals surface area contributed by atoms with Crippen molar-refractivity contribution in [1.29, 1.82) is 0 Å². The number of halogens is 1. The molecule has 0 radical (unpaired) electrons. The maximum atomic E-state index is 13.2. The molecule has 2 aromatic heterocycles. The largest absolute Gasteiger partial charge is 0.441 e. The van der Waals surface area contributed by atoms with Crippen molar-refractivity contribution in [3.8, 4) is 0 Å². The SMILES string of the molecule is [C-]#[N+]c1ccc2ncn(C[C@@]3(C)CCC[C@]4(CN(Cc5ccc(F)cn5)C(=O)O4)C3)c2c1. The monoisotopic (exact) mass is 433 g/mol. The number of aromatic nitrogens is 3. The van der Waals surface area contributed by atoms with Crippen LogP contribution in [-0.4, -0.2) is 37.7 Å². The van der Waals surface area contributed by atoms with Crippen LogP contribution in [0.25, 0.3) is 15.9 Å². The predicted octanol–water partition coefficient (Wildman–Crippen LogP) is 5.09. The Bertz CT molecular complexity index is 1220. The van der Waals surface area contributed by atoms with E-state index in [0.29, 0.717) is 24.5 Å². The number of hydrogen-bond acceptors (Lipinski definition) is 4. The Morgan fingerprint density at radius 1 is 1.25 bits per heavy atom. The number of hydrogen-bond donors (Lipinski definition) is 0. The Hall–Kier alpha value is -3.47. The molecule has 1 saturated carbocycles. The summed E-state index contributed by atoms with van der Waals surface area (Å²) in [5.41, 5.74) is 2.45.